The number of methoxy groups -OCH3 is 2. The van der Waals surface area contributed by atoms with Gasteiger partial charge in [-0.25, -0.2) is 15.0 Å². The third kappa shape index (κ3) is 4.78. The minimum Gasteiger partial charge on any atom is -0.493 e. The van der Waals surface area contributed by atoms with Crippen LogP contribution in [0.1, 0.15) is 23.6 Å². The number of halogens is 2. The number of hydrazone groups is 1. The van der Waals surface area contributed by atoms with Gasteiger partial charge in [-0.1, -0.05) is 71.7 Å². The highest BCUT2D eigenvalue weighted by atomic mass is 35.5. The van der Waals surface area contributed by atoms with E-state index in [1.165, 1.54) is 0 Å². The third-order valence-electron chi connectivity index (χ3n) is 6.79. The number of hydrogen-bond donors (Lipinski definition) is 0. The molecule has 0 N–H and O–H groups in total. The average Bonchev–Trinajstić information content (AvgIpc) is 3.42. The molecule has 0 saturated heterocycles. The van der Waals surface area contributed by atoms with Crippen molar-refractivity contribution >= 4 is 45.8 Å². The van der Waals surface area contributed by atoms with Gasteiger partial charge in [-0.2, -0.15) is 5.10 Å². The van der Waals surface area contributed by atoms with E-state index in [1.807, 2.05) is 96.0 Å². The van der Waals surface area contributed by atoms with Crippen molar-refractivity contribution < 1.29 is 9.47 Å². The summed E-state index contributed by atoms with van der Waals surface area (Å²) in [5.74, 6) is 1.77. The standard InChI is InChI=1S/C31H24Cl2N4O2/c1-38-28-15-12-20(16-29(28)39-2)26-18-27(22-10-6-7-11-24(22)33)37(36-26)31-34-25-14-13-21(32)17-23(25)30(35-31)19-8-4-3-5-9-19/h3-17,27H,18H2,1-2H3. The van der Waals surface area contributed by atoms with Gasteiger partial charge in [-0.3, -0.25) is 0 Å². The van der Waals surface area contributed by atoms with Gasteiger partial charge in [0, 0.05) is 33.0 Å². The molecule has 0 radical (unpaired) electrons. The molecule has 5 aromatic rings. The summed E-state index contributed by atoms with van der Waals surface area (Å²) < 4.78 is 11.0. The molecule has 1 aromatic heterocycles. The molecule has 1 atom stereocenters. The van der Waals surface area contributed by atoms with E-state index in [0.717, 1.165) is 39.0 Å². The van der Waals surface area contributed by atoms with Crippen molar-refractivity contribution in [2.75, 3.05) is 19.2 Å². The van der Waals surface area contributed by atoms with E-state index < -0.39 is 0 Å². The van der Waals surface area contributed by atoms with Crippen LogP contribution in [0.4, 0.5) is 5.95 Å². The molecule has 1 aliphatic rings. The molecule has 6 rings (SSSR count). The second kappa shape index (κ2) is 10.6. The number of benzene rings is 4. The molecule has 0 aliphatic carbocycles. The number of ether oxygens (including phenoxy) is 2. The Hall–Kier alpha value is -4.13. The van der Waals surface area contributed by atoms with Gasteiger partial charge >= 0.3 is 0 Å². The van der Waals surface area contributed by atoms with Crippen molar-refractivity contribution in [1.82, 2.24) is 9.97 Å². The van der Waals surface area contributed by atoms with E-state index in [4.69, 9.17) is 47.7 Å². The molecule has 0 bridgehead atoms. The summed E-state index contributed by atoms with van der Waals surface area (Å²) in [4.78, 5) is 9.99. The Morgan fingerprint density at radius 3 is 2.31 bits per heavy atom. The summed E-state index contributed by atoms with van der Waals surface area (Å²) in [6, 6.07) is 29.1. The van der Waals surface area contributed by atoms with E-state index >= 15 is 0 Å². The first kappa shape index (κ1) is 25.2. The fourth-order valence-corrected chi connectivity index (χ4v) is 5.31. The molecule has 194 valence electrons. The number of hydrogen-bond acceptors (Lipinski definition) is 6. The van der Waals surface area contributed by atoms with Crippen LogP contribution in [0.3, 0.4) is 0 Å². The average molecular weight is 555 g/mol. The highest BCUT2D eigenvalue weighted by Crippen LogP contribution is 2.41. The van der Waals surface area contributed by atoms with Gasteiger partial charge in [0.2, 0.25) is 5.95 Å². The molecule has 6 nitrogen and oxygen atoms in total. The van der Waals surface area contributed by atoms with Gasteiger partial charge in [-0.05, 0) is 48.0 Å². The summed E-state index contributed by atoms with van der Waals surface area (Å²) in [5, 5.41) is 9.08. The lowest BCUT2D eigenvalue weighted by atomic mass is 9.98. The van der Waals surface area contributed by atoms with Crippen molar-refractivity contribution in [3.63, 3.8) is 0 Å². The van der Waals surface area contributed by atoms with Crippen LogP contribution in [0, 0.1) is 0 Å². The number of aromatic nitrogens is 2. The molecule has 0 fully saturated rings. The predicted octanol–water partition coefficient (Wildman–Crippen LogP) is 7.98. The van der Waals surface area contributed by atoms with Crippen LogP contribution in [-0.4, -0.2) is 29.9 Å². The number of nitrogens with zero attached hydrogens (tertiary/aromatic N) is 4. The van der Waals surface area contributed by atoms with Crippen LogP contribution >= 0.6 is 23.2 Å². The SMILES string of the molecule is COc1ccc(C2=NN(c3nc(-c4ccccc4)c4cc(Cl)ccc4n3)C(c3ccccc3Cl)C2)cc1OC. The lowest BCUT2D eigenvalue weighted by Gasteiger charge is -2.23. The lowest BCUT2D eigenvalue weighted by molar-refractivity contribution is 0.355. The normalized spacial score (nSPS) is 14.9. The number of rotatable bonds is 6. The Kier molecular flexibility index (Phi) is 6.81. The first-order valence-electron chi connectivity index (χ1n) is 12.4. The van der Waals surface area contributed by atoms with Gasteiger partial charge in [0.05, 0.1) is 37.2 Å². The molecule has 1 aliphatic heterocycles. The van der Waals surface area contributed by atoms with Gasteiger partial charge in [0.1, 0.15) is 0 Å². The highest BCUT2D eigenvalue weighted by Gasteiger charge is 2.33. The van der Waals surface area contributed by atoms with Gasteiger partial charge in [0.15, 0.2) is 11.5 Å². The molecule has 0 amide bonds. The summed E-state index contributed by atoms with van der Waals surface area (Å²) in [7, 11) is 3.24. The van der Waals surface area contributed by atoms with E-state index in [9.17, 15) is 0 Å². The van der Waals surface area contributed by atoms with Crippen molar-refractivity contribution in [1.29, 1.82) is 0 Å². The quantitative estimate of drug-likeness (QED) is 0.213. The van der Waals surface area contributed by atoms with Crippen molar-refractivity contribution in [2.45, 2.75) is 12.5 Å². The van der Waals surface area contributed by atoms with Gasteiger partial charge in [0.25, 0.3) is 0 Å². The zero-order valence-electron chi connectivity index (χ0n) is 21.3. The van der Waals surface area contributed by atoms with E-state index in [1.54, 1.807) is 14.2 Å². The Labute approximate surface area is 236 Å². The summed E-state index contributed by atoms with van der Waals surface area (Å²) in [6.07, 6.45) is 0.599. The van der Waals surface area contributed by atoms with Crippen LogP contribution < -0.4 is 14.5 Å². The van der Waals surface area contributed by atoms with Crippen molar-refractivity contribution in [3.8, 4) is 22.8 Å². The van der Waals surface area contributed by atoms with Crippen LogP contribution in [0.2, 0.25) is 10.0 Å². The molecule has 39 heavy (non-hydrogen) atoms. The van der Waals surface area contributed by atoms with Gasteiger partial charge < -0.3 is 9.47 Å². The minimum atomic E-state index is -0.213. The minimum absolute atomic E-state index is 0.213. The lowest BCUT2D eigenvalue weighted by Crippen LogP contribution is -2.21. The zero-order chi connectivity index (χ0) is 26.9. The monoisotopic (exact) mass is 554 g/mol. The van der Waals surface area contributed by atoms with Crippen LogP contribution in [0.5, 0.6) is 11.5 Å². The fraction of sp³-hybridized carbons (Fsp3) is 0.129. The first-order chi connectivity index (χ1) is 19.1. The number of fused-ring (bicyclic) bond motifs is 1. The third-order valence-corrected chi connectivity index (χ3v) is 7.37. The molecule has 8 heteroatoms. The Morgan fingerprint density at radius 2 is 1.54 bits per heavy atom. The van der Waals surface area contributed by atoms with Gasteiger partial charge in [-0.15, -0.1) is 0 Å². The summed E-state index contributed by atoms with van der Waals surface area (Å²) >= 11 is 13.1. The molecule has 2 heterocycles. The molecule has 0 spiro atoms. The summed E-state index contributed by atoms with van der Waals surface area (Å²) in [5.41, 5.74) is 5.25. The fourth-order valence-electron chi connectivity index (χ4n) is 4.88. The summed E-state index contributed by atoms with van der Waals surface area (Å²) in [6.45, 7) is 0. The second-order valence-corrected chi connectivity index (χ2v) is 9.95. The van der Waals surface area contributed by atoms with Crippen LogP contribution in [-0.2, 0) is 0 Å². The van der Waals surface area contributed by atoms with Crippen LogP contribution in [0.25, 0.3) is 22.2 Å². The molecular formula is C31H24Cl2N4O2. The maximum atomic E-state index is 6.71. The predicted molar refractivity (Wildman–Crippen MR) is 157 cm³/mol. The van der Waals surface area contributed by atoms with Crippen LogP contribution in [0.15, 0.2) is 96.1 Å². The largest absolute Gasteiger partial charge is 0.493 e. The maximum Gasteiger partial charge on any atom is 0.247 e. The molecule has 1 unspecified atom stereocenters. The second-order valence-electron chi connectivity index (χ2n) is 9.10. The molecular weight excluding hydrogens is 531 g/mol. The van der Waals surface area contributed by atoms with E-state index in [2.05, 4.69) is 0 Å². The Bertz CT molecular complexity index is 1710. The topological polar surface area (TPSA) is 59.8 Å². The maximum absolute atomic E-state index is 6.71. The number of anilines is 1. The Morgan fingerprint density at radius 1 is 0.769 bits per heavy atom. The van der Waals surface area contributed by atoms with E-state index in [-0.39, 0.29) is 6.04 Å². The first-order valence-corrected chi connectivity index (χ1v) is 13.2. The highest BCUT2D eigenvalue weighted by molar-refractivity contribution is 6.31. The van der Waals surface area contributed by atoms with Crippen molar-refractivity contribution in [3.05, 3.63) is 112 Å². The van der Waals surface area contributed by atoms with Crippen molar-refractivity contribution in [2.24, 2.45) is 5.10 Å². The molecule has 0 saturated carbocycles. The smallest absolute Gasteiger partial charge is 0.247 e. The molecule has 4 aromatic carbocycles. The Balaban J connectivity index is 1.54. The zero-order valence-corrected chi connectivity index (χ0v) is 22.8. The van der Waals surface area contributed by atoms with E-state index in [0.29, 0.717) is 33.9 Å².